The number of hydrogen-bond donors (Lipinski definition) is 1. The van der Waals surface area contributed by atoms with Gasteiger partial charge in [-0.05, 0) is 43.5 Å². The number of rotatable bonds is 3. The highest BCUT2D eigenvalue weighted by molar-refractivity contribution is 6.31. The summed E-state index contributed by atoms with van der Waals surface area (Å²) in [7, 11) is 0. The van der Waals surface area contributed by atoms with Gasteiger partial charge in [-0.25, -0.2) is 0 Å². The Balaban J connectivity index is 1.78. The van der Waals surface area contributed by atoms with Gasteiger partial charge in [-0.3, -0.25) is 9.59 Å². The molecule has 5 nitrogen and oxygen atoms in total. The van der Waals surface area contributed by atoms with Gasteiger partial charge in [0.1, 0.15) is 6.54 Å². The first-order chi connectivity index (χ1) is 14.9. The Hall–Kier alpha value is -2.79. The first kappa shape index (κ1) is 20.1. The molecular weight excluding hydrogens is 410 g/mol. The van der Waals surface area contributed by atoms with E-state index in [0.29, 0.717) is 11.6 Å². The maximum atomic E-state index is 13.9. The zero-order valence-corrected chi connectivity index (χ0v) is 18.7. The van der Waals surface area contributed by atoms with E-state index in [1.807, 2.05) is 63.2 Å². The van der Waals surface area contributed by atoms with E-state index in [-0.39, 0.29) is 30.3 Å². The van der Waals surface area contributed by atoms with Crippen LogP contribution in [-0.4, -0.2) is 45.7 Å². The third-order valence-electron chi connectivity index (χ3n) is 7.17. The molecule has 0 aliphatic carbocycles. The summed E-state index contributed by atoms with van der Waals surface area (Å²) in [6, 6.07) is 15.9. The number of aromatic nitrogens is 1. The molecule has 1 fully saturated rings. The molecule has 0 spiro atoms. The quantitative estimate of drug-likeness (QED) is 0.651. The molecule has 2 aliphatic heterocycles. The SMILES string of the molecule is CC[C@@H](C)N1CC(=O)N2C[C@H](c3ccccc3Cl)c3c([nH]c4ccccc34)[C@@]2(C)C1=O. The first-order valence-corrected chi connectivity index (χ1v) is 11.2. The maximum Gasteiger partial charge on any atom is 0.255 e. The topological polar surface area (TPSA) is 56.4 Å². The van der Waals surface area contributed by atoms with Crippen LogP contribution >= 0.6 is 11.6 Å². The highest BCUT2D eigenvalue weighted by Crippen LogP contribution is 2.49. The van der Waals surface area contributed by atoms with E-state index in [0.717, 1.165) is 34.1 Å². The molecule has 31 heavy (non-hydrogen) atoms. The highest BCUT2D eigenvalue weighted by atomic mass is 35.5. The summed E-state index contributed by atoms with van der Waals surface area (Å²) in [5, 5.41) is 1.74. The number of para-hydroxylation sites is 1. The van der Waals surface area contributed by atoms with Gasteiger partial charge < -0.3 is 14.8 Å². The molecule has 1 saturated heterocycles. The number of carbonyl (C=O) groups is 2. The van der Waals surface area contributed by atoms with Crippen molar-refractivity contribution >= 4 is 34.3 Å². The van der Waals surface area contributed by atoms with Gasteiger partial charge in [-0.1, -0.05) is 54.9 Å². The third-order valence-corrected chi connectivity index (χ3v) is 7.52. The summed E-state index contributed by atoms with van der Waals surface area (Å²) in [5.41, 5.74) is 2.74. The van der Waals surface area contributed by atoms with E-state index in [9.17, 15) is 9.59 Å². The summed E-state index contributed by atoms with van der Waals surface area (Å²) < 4.78 is 0. The minimum atomic E-state index is -1.06. The van der Waals surface area contributed by atoms with Gasteiger partial charge in [0.2, 0.25) is 5.91 Å². The molecule has 0 radical (unpaired) electrons. The number of carbonyl (C=O) groups excluding carboxylic acids is 2. The summed E-state index contributed by atoms with van der Waals surface area (Å²) in [4.78, 5) is 34.3. The van der Waals surface area contributed by atoms with Crippen molar-refractivity contribution in [2.45, 2.75) is 44.7 Å². The molecule has 0 saturated carbocycles. The number of benzene rings is 2. The van der Waals surface area contributed by atoms with Gasteiger partial charge in [-0.2, -0.15) is 0 Å². The van der Waals surface area contributed by atoms with Gasteiger partial charge in [0.25, 0.3) is 5.91 Å². The van der Waals surface area contributed by atoms with Crippen LogP contribution in [0.2, 0.25) is 5.02 Å². The van der Waals surface area contributed by atoms with Gasteiger partial charge >= 0.3 is 0 Å². The molecular formula is C25H26ClN3O2. The van der Waals surface area contributed by atoms with Crippen LogP contribution in [0.4, 0.5) is 0 Å². The summed E-state index contributed by atoms with van der Waals surface area (Å²) in [6.07, 6.45) is 0.802. The Labute approximate surface area is 187 Å². The number of nitrogens with one attached hydrogen (secondary N) is 1. The molecule has 3 aromatic rings. The van der Waals surface area contributed by atoms with Gasteiger partial charge in [0, 0.05) is 34.4 Å². The number of nitrogens with zero attached hydrogens (tertiary/aromatic N) is 2. The standard InChI is InChI=1S/C25H26ClN3O2/c1-4-15(2)28-14-21(30)29-13-18(16-9-5-7-11-19(16)26)22-17-10-6-8-12-20(17)27-23(22)25(29,3)24(28)31/h5-12,15,18,27H,4,13-14H2,1-3H3/t15-,18-,25+/m1/s1. The van der Waals surface area contributed by atoms with E-state index in [2.05, 4.69) is 11.1 Å². The molecule has 2 aliphatic rings. The number of hydrogen-bond acceptors (Lipinski definition) is 2. The number of amides is 2. The number of fused-ring (bicyclic) bond motifs is 5. The van der Waals surface area contributed by atoms with Crippen molar-refractivity contribution < 1.29 is 9.59 Å². The van der Waals surface area contributed by atoms with Crippen molar-refractivity contribution in [3.63, 3.8) is 0 Å². The molecule has 2 aromatic carbocycles. The lowest BCUT2D eigenvalue weighted by Gasteiger charge is -2.52. The number of aromatic amines is 1. The van der Waals surface area contributed by atoms with Crippen molar-refractivity contribution in [2.24, 2.45) is 0 Å². The lowest BCUT2D eigenvalue weighted by Crippen LogP contribution is -2.68. The van der Waals surface area contributed by atoms with Crippen LogP contribution in [0.25, 0.3) is 10.9 Å². The summed E-state index contributed by atoms with van der Waals surface area (Å²) >= 11 is 6.61. The lowest BCUT2D eigenvalue weighted by atomic mass is 9.76. The fourth-order valence-electron chi connectivity index (χ4n) is 5.24. The zero-order valence-electron chi connectivity index (χ0n) is 18.0. The van der Waals surface area contributed by atoms with E-state index >= 15 is 0 Å². The second-order valence-electron chi connectivity index (χ2n) is 8.80. The maximum absolute atomic E-state index is 13.9. The van der Waals surface area contributed by atoms with Gasteiger partial charge in [-0.15, -0.1) is 0 Å². The van der Waals surface area contributed by atoms with Crippen LogP contribution in [0.3, 0.4) is 0 Å². The molecule has 6 heteroatoms. The fourth-order valence-corrected chi connectivity index (χ4v) is 5.51. The zero-order chi connectivity index (χ0) is 21.9. The van der Waals surface area contributed by atoms with Crippen molar-refractivity contribution in [3.8, 4) is 0 Å². The van der Waals surface area contributed by atoms with Crippen molar-refractivity contribution in [3.05, 3.63) is 70.4 Å². The van der Waals surface area contributed by atoms with Crippen LogP contribution in [0.5, 0.6) is 0 Å². The Morgan fingerprint density at radius 3 is 2.61 bits per heavy atom. The molecule has 2 amide bonds. The minimum absolute atomic E-state index is 0.00421. The number of H-pyrrole nitrogens is 1. The molecule has 0 unspecified atom stereocenters. The second kappa shape index (κ2) is 7.13. The van der Waals surface area contributed by atoms with E-state index < -0.39 is 5.54 Å². The average molecular weight is 436 g/mol. The third kappa shape index (κ3) is 2.76. The van der Waals surface area contributed by atoms with Crippen molar-refractivity contribution in [1.82, 2.24) is 14.8 Å². The normalized spacial score (nSPS) is 24.3. The Morgan fingerprint density at radius 2 is 1.87 bits per heavy atom. The van der Waals surface area contributed by atoms with Crippen LogP contribution in [-0.2, 0) is 15.1 Å². The van der Waals surface area contributed by atoms with E-state index in [4.69, 9.17) is 11.6 Å². The lowest BCUT2D eigenvalue weighted by molar-refractivity contribution is -0.168. The van der Waals surface area contributed by atoms with E-state index in [1.165, 1.54) is 0 Å². The number of piperazine rings is 1. The molecule has 5 rings (SSSR count). The smallest absolute Gasteiger partial charge is 0.255 e. The average Bonchev–Trinajstić information content (AvgIpc) is 3.17. The van der Waals surface area contributed by atoms with Crippen LogP contribution < -0.4 is 0 Å². The largest absolute Gasteiger partial charge is 0.356 e. The van der Waals surface area contributed by atoms with E-state index in [1.54, 1.807) is 9.80 Å². The Kier molecular flexibility index (Phi) is 4.63. The van der Waals surface area contributed by atoms with Gasteiger partial charge in [0.15, 0.2) is 5.54 Å². The highest BCUT2D eigenvalue weighted by Gasteiger charge is 2.56. The fraction of sp³-hybridized carbons (Fsp3) is 0.360. The van der Waals surface area contributed by atoms with Crippen LogP contribution in [0, 0.1) is 0 Å². The summed E-state index contributed by atoms with van der Waals surface area (Å²) in [5.74, 6) is -0.157. The summed E-state index contributed by atoms with van der Waals surface area (Å²) in [6.45, 7) is 6.48. The molecule has 3 heterocycles. The monoisotopic (exact) mass is 435 g/mol. The first-order valence-electron chi connectivity index (χ1n) is 10.8. The molecule has 0 bridgehead atoms. The molecule has 1 aromatic heterocycles. The predicted octanol–water partition coefficient (Wildman–Crippen LogP) is 4.65. The minimum Gasteiger partial charge on any atom is -0.356 e. The Morgan fingerprint density at radius 1 is 1.16 bits per heavy atom. The predicted molar refractivity (Wildman–Crippen MR) is 122 cm³/mol. The van der Waals surface area contributed by atoms with Gasteiger partial charge in [0.05, 0.1) is 5.69 Å². The van der Waals surface area contributed by atoms with Crippen molar-refractivity contribution in [1.29, 1.82) is 0 Å². The molecule has 160 valence electrons. The van der Waals surface area contributed by atoms with Crippen molar-refractivity contribution in [2.75, 3.05) is 13.1 Å². The Bertz CT molecular complexity index is 1200. The molecule has 1 N–H and O–H groups in total. The van der Waals surface area contributed by atoms with Crippen LogP contribution in [0.15, 0.2) is 48.5 Å². The second-order valence-corrected chi connectivity index (χ2v) is 9.21. The molecule has 3 atom stereocenters. The number of halogens is 1. The van der Waals surface area contributed by atoms with Crippen LogP contribution in [0.1, 0.15) is 49.9 Å².